The van der Waals surface area contributed by atoms with Crippen LogP contribution >= 0.6 is 11.6 Å². The molecule has 1 unspecified atom stereocenters. The van der Waals surface area contributed by atoms with E-state index in [-0.39, 0.29) is 24.0 Å². The van der Waals surface area contributed by atoms with Crippen molar-refractivity contribution in [1.82, 2.24) is 5.32 Å². The summed E-state index contributed by atoms with van der Waals surface area (Å²) in [6.07, 6.45) is 2.38. The summed E-state index contributed by atoms with van der Waals surface area (Å²) in [6, 6.07) is 7.53. The lowest BCUT2D eigenvalue weighted by Gasteiger charge is -2.27. The van der Waals surface area contributed by atoms with Gasteiger partial charge in [0.1, 0.15) is 0 Å². The molecule has 6 heteroatoms. The molecule has 0 aromatic heterocycles. The highest BCUT2D eigenvalue weighted by Crippen LogP contribution is 2.22. The minimum Gasteiger partial charge on any atom is -0.351 e. The maximum absolute atomic E-state index is 12.1. The zero-order valence-corrected chi connectivity index (χ0v) is 14.2. The van der Waals surface area contributed by atoms with Crippen LogP contribution in [0.2, 0.25) is 5.02 Å². The highest BCUT2D eigenvalue weighted by atomic mass is 35.5. The van der Waals surface area contributed by atoms with E-state index in [4.69, 9.17) is 11.6 Å². The van der Waals surface area contributed by atoms with Crippen molar-refractivity contribution in [3.05, 3.63) is 46.3 Å². The molecule has 0 aliphatic carbocycles. The predicted octanol–water partition coefficient (Wildman–Crippen LogP) is 2.73. The van der Waals surface area contributed by atoms with Crippen molar-refractivity contribution in [3.8, 4) is 0 Å². The molecule has 0 fully saturated rings. The highest BCUT2D eigenvalue weighted by Gasteiger charge is 2.27. The van der Waals surface area contributed by atoms with E-state index in [1.165, 1.54) is 5.41 Å². The van der Waals surface area contributed by atoms with Gasteiger partial charge in [-0.05, 0) is 31.9 Å². The lowest BCUT2D eigenvalue weighted by atomic mass is 9.94. The highest BCUT2D eigenvalue weighted by molar-refractivity contribution is 7.94. The van der Waals surface area contributed by atoms with Crippen LogP contribution < -0.4 is 5.32 Å². The number of carbonyl (C=O) groups excluding carboxylic acids is 1. The van der Waals surface area contributed by atoms with Gasteiger partial charge in [-0.3, -0.25) is 4.79 Å². The zero-order valence-electron chi connectivity index (χ0n) is 12.7. The van der Waals surface area contributed by atoms with Gasteiger partial charge in [-0.2, -0.15) is 0 Å². The molecule has 2 rings (SSSR count). The van der Waals surface area contributed by atoms with Crippen LogP contribution in [0.1, 0.15) is 25.8 Å². The predicted molar refractivity (Wildman–Crippen MR) is 88.4 cm³/mol. The first-order valence-corrected chi connectivity index (χ1v) is 9.22. The fourth-order valence-corrected chi connectivity index (χ4v) is 4.20. The van der Waals surface area contributed by atoms with Crippen LogP contribution in [0.4, 0.5) is 0 Å². The number of halogens is 1. The van der Waals surface area contributed by atoms with E-state index in [9.17, 15) is 13.2 Å². The van der Waals surface area contributed by atoms with Crippen molar-refractivity contribution in [2.45, 2.75) is 32.2 Å². The van der Waals surface area contributed by atoms with E-state index in [1.807, 2.05) is 38.1 Å². The molecule has 1 aliphatic rings. The van der Waals surface area contributed by atoms with Crippen molar-refractivity contribution in [2.24, 2.45) is 5.92 Å². The number of nitrogens with one attached hydrogen (secondary N) is 1. The molecule has 1 heterocycles. The van der Waals surface area contributed by atoms with E-state index in [2.05, 4.69) is 5.32 Å². The molecule has 0 saturated heterocycles. The third kappa shape index (κ3) is 4.85. The number of allylic oxidation sites excluding steroid dienone is 1. The first kappa shape index (κ1) is 17.0. The normalized spacial score (nSPS) is 20.0. The van der Waals surface area contributed by atoms with Gasteiger partial charge in [0.05, 0.1) is 5.75 Å². The molecule has 0 bridgehead atoms. The van der Waals surface area contributed by atoms with Gasteiger partial charge in [0.15, 0.2) is 9.84 Å². The van der Waals surface area contributed by atoms with Crippen molar-refractivity contribution in [2.75, 3.05) is 5.75 Å². The van der Waals surface area contributed by atoms with Crippen molar-refractivity contribution in [1.29, 1.82) is 0 Å². The molecule has 1 N–H and O–H groups in total. The second kappa shape index (κ2) is 6.42. The minimum atomic E-state index is -3.12. The van der Waals surface area contributed by atoms with Crippen LogP contribution in [0, 0.1) is 5.92 Å². The van der Waals surface area contributed by atoms with Gasteiger partial charge in [0, 0.05) is 28.3 Å². The van der Waals surface area contributed by atoms with E-state index in [0.717, 1.165) is 5.56 Å². The Bertz CT molecular complexity index is 695. The quantitative estimate of drug-likeness (QED) is 0.895. The number of hydrogen-bond donors (Lipinski definition) is 1. The Kier molecular flexibility index (Phi) is 4.97. The smallest absolute Gasteiger partial charge is 0.221 e. The van der Waals surface area contributed by atoms with Crippen LogP contribution in [0.15, 0.2) is 35.7 Å². The molecule has 0 radical (unpaired) electrons. The van der Waals surface area contributed by atoms with Gasteiger partial charge in [-0.1, -0.05) is 35.9 Å². The van der Waals surface area contributed by atoms with Gasteiger partial charge in [0.2, 0.25) is 5.91 Å². The van der Waals surface area contributed by atoms with Crippen molar-refractivity contribution >= 4 is 27.3 Å². The lowest BCUT2D eigenvalue weighted by molar-refractivity contribution is -0.123. The molecular weight excluding hydrogens is 322 g/mol. The Morgan fingerprint density at radius 2 is 2.05 bits per heavy atom. The first-order chi connectivity index (χ1) is 10.2. The van der Waals surface area contributed by atoms with Gasteiger partial charge in [-0.25, -0.2) is 8.42 Å². The zero-order chi connectivity index (χ0) is 16.4. The summed E-state index contributed by atoms with van der Waals surface area (Å²) < 4.78 is 22.7. The Balaban J connectivity index is 1.93. The molecule has 1 aliphatic heterocycles. The fourth-order valence-electron chi connectivity index (χ4n) is 2.60. The largest absolute Gasteiger partial charge is 0.351 e. The summed E-state index contributed by atoms with van der Waals surface area (Å²) in [5.41, 5.74) is 0.515. The summed E-state index contributed by atoms with van der Waals surface area (Å²) in [4.78, 5) is 12.1. The maximum Gasteiger partial charge on any atom is 0.221 e. The topological polar surface area (TPSA) is 63.2 Å². The van der Waals surface area contributed by atoms with Gasteiger partial charge in [0.25, 0.3) is 0 Å². The molecule has 22 heavy (non-hydrogen) atoms. The van der Waals surface area contributed by atoms with Gasteiger partial charge in [-0.15, -0.1) is 0 Å². The molecule has 1 aromatic rings. The van der Waals surface area contributed by atoms with Crippen LogP contribution in [0.3, 0.4) is 0 Å². The third-order valence-electron chi connectivity index (χ3n) is 3.52. The number of rotatable bonds is 5. The van der Waals surface area contributed by atoms with Crippen LogP contribution in [-0.2, 0) is 21.1 Å². The number of amides is 1. The molecule has 0 saturated carbocycles. The number of sulfone groups is 1. The average molecular weight is 342 g/mol. The molecule has 1 amide bonds. The van der Waals surface area contributed by atoms with Gasteiger partial charge < -0.3 is 5.32 Å². The summed E-state index contributed by atoms with van der Waals surface area (Å²) in [7, 11) is -3.12. The second-order valence-electron chi connectivity index (χ2n) is 6.32. The SMILES string of the molecule is CC(C)(Cc1ccccc1Cl)NC(=O)CC1C=CS(=O)(=O)C1. The molecule has 0 spiro atoms. The van der Waals surface area contributed by atoms with E-state index < -0.39 is 15.4 Å². The second-order valence-corrected chi connectivity index (χ2v) is 8.66. The van der Waals surface area contributed by atoms with Crippen LogP contribution in [0.25, 0.3) is 0 Å². The average Bonchev–Trinajstić information content (AvgIpc) is 2.70. The summed E-state index contributed by atoms with van der Waals surface area (Å²) in [6.45, 7) is 3.85. The monoisotopic (exact) mass is 341 g/mol. The van der Waals surface area contributed by atoms with E-state index in [1.54, 1.807) is 6.08 Å². The number of benzene rings is 1. The first-order valence-electron chi connectivity index (χ1n) is 7.12. The third-order valence-corrected chi connectivity index (χ3v) is 5.35. The molecule has 120 valence electrons. The molecular formula is C16H20ClNO3S. The molecule has 1 atom stereocenters. The molecule has 1 aromatic carbocycles. The minimum absolute atomic E-state index is 0.0192. The maximum atomic E-state index is 12.1. The lowest BCUT2D eigenvalue weighted by Crippen LogP contribution is -2.45. The van der Waals surface area contributed by atoms with Crippen LogP contribution in [-0.4, -0.2) is 25.6 Å². The Morgan fingerprint density at radius 1 is 1.36 bits per heavy atom. The summed E-state index contributed by atoms with van der Waals surface area (Å²) in [5, 5.41) is 4.83. The van der Waals surface area contributed by atoms with E-state index in [0.29, 0.717) is 11.4 Å². The molecule has 4 nitrogen and oxygen atoms in total. The Labute approximate surface area is 136 Å². The van der Waals surface area contributed by atoms with E-state index >= 15 is 0 Å². The van der Waals surface area contributed by atoms with Crippen molar-refractivity contribution < 1.29 is 13.2 Å². The number of hydrogen-bond acceptors (Lipinski definition) is 3. The Hall–Kier alpha value is -1.33. The summed E-state index contributed by atoms with van der Waals surface area (Å²) >= 11 is 6.15. The van der Waals surface area contributed by atoms with Crippen LogP contribution in [0.5, 0.6) is 0 Å². The van der Waals surface area contributed by atoms with Gasteiger partial charge >= 0.3 is 0 Å². The Morgan fingerprint density at radius 3 is 2.64 bits per heavy atom. The fraction of sp³-hybridized carbons (Fsp3) is 0.438. The van der Waals surface area contributed by atoms with Crippen molar-refractivity contribution in [3.63, 3.8) is 0 Å². The summed E-state index contributed by atoms with van der Waals surface area (Å²) in [5.74, 6) is -0.365. The number of carbonyl (C=O) groups is 1. The standard InChI is InChI=1S/C16H20ClNO3S/c1-16(2,10-13-5-3-4-6-14(13)17)18-15(19)9-12-7-8-22(20,21)11-12/h3-8,12H,9-11H2,1-2H3,(H,18,19).